The van der Waals surface area contributed by atoms with E-state index >= 15 is 0 Å². The molecule has 0 aliphatic heterocycles. The Bertz CT molecular complexity index is 2410. The normalized spacial score (nSPS) is 10.2. The first-order valence-corrected chi connectivity index (χ1v) is 17.6. The van der Waals surface area contributed by atoms with E-state index in [-0.39, 0.29) is 11.7 Å². The van der Waals surface area contributed by atoms with Crippen molar-refractivity contribution >= 4 is 28.7 Å². The van der Waals surface area contributed by atoms with Crippen LogP contribution in [0.2, 0.25) is 0 Å². The minimum Gasteiger partial charge on any atom is -0.455 e. The van der Waals surface area contributed by atoms with Crippen LogP contribution in [-0.4, -0.2) is 21.6 Å². The van der Waals surface area contributed by atoms with Gasteiger partial charge in [-0.05, 0) is 124 Å². The summed E-state index contributed by atoms with van der Waals surface area (Å²) in [7, 11) is 0. The number of ether oxygens (including phenoxy) is 2. The molecule has 12 nitrogen and oxygen atoms in total. The van der Waals surface area contributed by atoms with E-state index < -0.39 is 0 Å². The third-order valence-corrected chi connectivity index (χ3v) is 8.88. The maximum atomic E-state index is 8.87. The van der Waals surface area contributed by atoms with E-state index in [9.17, 15) is 0 Å². The van der Waals surface area contributed by atoms with Gasteiger partial charge in [-0.2, -0.15) is 5.26 Å². The summed E-state index contributed by atoms with van der Waals surface area (Å²) in [5.41, 5.74) is 21.1. The predicted molar refractivity (Wildman–Crippen MR) is 221 cm³/mol. The Hall–Kier alpha value is -7.70. The molecule has 8 N–H and O–H groups in total. The van der Waals surface area contributed by atoms with E-state index in [0.29, 0.717) is 52.7 Å². The summed E-state index contributed by atoms with van der Waals surface area (Å²) in [5.74, 6) is 2.85. The van der Waals surface area contributed by atoms with Gasteiger partial charge < -0.3 is 31.6 Å². The van der Waals surface area contributed by atoms with Gasteiger partial charge in [0.05, 0.1) is 29.6 Å². The number of nitrogens with one attached hydrogen (secondary N) is 4. The van der Waals surface area contributed by atoms with Crippen LogP contribution >= 0.6 is 0 Å². The van der Waals surface area contributed by atoms with Crippen molar-refractivity contribution in [3.8, 4) is 29.1 Å². The lowest BCUT2D eigenvalue weighted by molar-refractivity contribution is 0.470. The molecule has 6 rings (SSSR count). The molecule has 0 amide bonds. The van der Waals surface area contributed by atoms with E-state index in [1.54, 1.807) is 60.7 Å². The molecule has 0 fully saturated rings. The summed E-state index contributed by atoms with van der Waals surface area (Å²) in [6.45, 7) is 16.0. The van der Waals surface area contributed by atoms with Gasteiger partial charge in [-0.25, -0.2) is 4.85 Å². The number of nitrogens with two attached hydrogens (primary N) is 2. The van der Waals surface area contributed by atoms with Crippen LogP contribution in [0.25, 0.3) is 4.85 Å². The molecule has 280 valence electrons. The van der Waals surface area contributed by atoms with Crippen molar-refractivity contribution in [3.05, 3.63) is 171 Å². The number of nitrogen functional groups attached to an aromatic ring is 2. The predicted octanol–water partition coefficient (Wildman–Crippen LogP) is 9.20. The van der Waals surface area contributed by atoms with Crippen LogP contribution in [0.5, 0.6) is 23.0 Å². The smallest absolute Gasteiger partial charge is 0.187 e. The number of aromatic nitrogens is 2. The summed E-state index contributed by atoms with van der Waals surface area (Å²) in [6, 6.07) is 31.0. The van der Waals surface area contributed by atoms with Gasteiger partial charge in [-0.1, -0.05) is 12.1 Å². The van der Waals surface area contributed by atoms with Crippen LogP contribution in [0.15, 0.2) is 109 Å². The summed E-state index contributed by atoms with van der Waals surface area (Å²) < 4.78 is 12.1. The van der Waals surface area contributed by atoms with Crippen LogP contribution in [0.3, 0.4) is 0 Å². The largest absolute Gasteiger partial charge is 0.455 e. The fourth-order valence-electron chi connectivity index (χ4n) is 5.50. The lowest BCUT2D eigenvalue weighted by Gasteiger charge is -2.16. The van der Waals surface area contributed by atoms with E-state index in [1.807, 2.05) is 76.5 Å². The first kappa shape index (κ1) is 39.5. The molecule has 0 saturated carbocycles. The molecule has 0 spiro atoms. The van der Waals surface area contributed by atoms with Gasteiger partial charge in [0.25, 0.3) is 0 Å². The minimum absolute atomic E-state index is 0.0231. The second kappa shape index (κ2) is 18.4. The Labute approximate surface area is 326 Å². The molecule has 4 aromatic carbocycles. The maximum absolute atomic E-state index is 8.87. The highest BCUT2D eigenvalue weighted by molar-refractivity contribution is 5.95. The standard InChI is InChI=1S/C22H24N6O.C22H18N4O/c1-13-17(12-28-18-7-3-15(4-8-18)21(23)24)11-27-14(2)20(13)29-19-9-5-16(6-10-19)22(25)26;1-15-18(14-26-20-6-4-17(12-23)5-7-20)13-25-16(2)22(15)27-21-10-8-19(24-3)9-11-21/h3-11,28H,12H2,1-2H3,(H3,23,24)(H3,25,26);4-11,13,26H,14H2,1-2H3. The molecular formula is C44H42N10O2. The molecule has 0 radical (unpaired) electrons. The molecule has 0 unspecified atom stereocenters. The average molecular weight is 743 g/mol. The third kappa shape index (κ3) is 10.2. The van der Waals surface area contributed by atoms with E-state index in [0.717, 1.165) is 50.8 Å². The third-order valence-electron chi connectivity index (χ3n) is 8.88. The van der Waals surface area contributed by atoms with Gasteiger partial charge in [0.15, 0.2) is 17.2 Å². The molecule has 0 atom stereocenters. The number of nitrogens with zero attached hydrogens (tertiary/aromatic N) is 4. The number of pyridine rings is 2. The van der Waals surface area contributed by atoms with Gasteiger partial charge in [0, 0.05) is 59.1 Å². The average Bonchev–Trinajstić information content (AvgIpc) is 3.21. The topological polar surface area (TPSA) is 196 Å². The molecule has 56 heavy (non-hydrogen) atoms. The van der Waals surface area contributed by atoms with Crippen LogP contribution in [0.1, 0.15) is 50.3 Å². The van der Waals surface area contributed by atoms with Gasteiger partial charge in [0.1, 0.15) is 23.2 Å². The van der Waals surface area contributed by atoms with Crippen molar-refractivity contribution in [2.24, 2.45) is 11.5 Å². The second-order valence-corrected chi connectivity index (χ2v) is 12.8. The molecule has 0 saturated heterocycles. The number of nitriles is 1. The first-order valence-electron chi connectivity index (χ1n) is 17.6. The second-order valence-electron chi connectivity index (χ2n) is 12.8. The Morgan fingerprint density at radius 3 is 1.45 bits per heavy atom. The number of rotatable bonds is 12. The van der Waals surface area contributed by atoms with E-state index in [1.165, 1.54) is 0 Å². The Morgan fingerprint density at radius 2 is 1.05 bits per heavy atom. The summed E-state index contributed by atoms with van der Waals surface area (Å²) >= 11 is 0. The van der Waals surface area contributed by atoms with E-state index in [2.05, 4.69) is 31.5 Å². The summed E-state index contributed by atoms with van der Waals surface area (Å²) in [5, 5.41) is 30.5. The lowest BCUT2D eigenvalue weighted by Crippen LogP contribution is -2.11. The highest BCUT2D eigenvalue weighted by Gasteiger charge is 2.13. The van der Waals surface area contributed by atoms with Gasteiger partial charge >= 0.3 is 0 Å². The molecule has 2 heterocycles. The first-order chi connectivity index (χ1) is 26.9. The monoisotopic (exact) mass is 742 g/mol. The molecule has 12 heteroatoms. The SMILES string of the molecule is Cc1ncc(CNc2ccc(C(=N)N)cc2)c(C)c1Oc1ccc(C(=N)N)cc1.[C-]#[N+]c1ccc(Oc2c(C)ncc(CNc3ccc(C#N)cc3)c2C)cc1. The van der Waals surface area contributed by atoms with Crippen LogP contribution in [0, 0.1) is 56.4 Å². The van der Waals surface area contributed by atoms with Gasteiger partial charge in [0.2, 0.25) is 0 Å². The zero-order valence-electron chi connectivity index (χ0n) is 31.6. The minimum atomic E-state index is 0.0231. The molecule has 6 aromatic rings. The van der Waals surface area contributed by atoms with Crippen LogP contribution in [-0.2, 0) is 13.1 Å². The van der Waals surface area contributed by atoms with Crippen molar-refractivity contribution in [1.29, 1.82) is 16.1 Å². The van der Waals surface area contributed by atoms with Crippen molar-refractivity contribution in [3.63, 3.8) is 0 Å². The fraction of sp³-hybridized carbons (Fsp3) is 0.136. The molecule has 0 aliphatic carbocycles. The molecule has 0 bridgehead atoms. The maximum Gasteiger partial charge on any atom is 0.187 e. The quantitative estimate of drug-likeness (QED) is 0.0402. The highest BCUT2D eigenvalue weighted by Crippen LogP contribution is 2.32. The number of amidine groups is 2. The Morgan fingerprint density at radius 1 is 0.661 bits per heavy atom. The van der Waals surface area contributed by atoms with Crippen molar-refractivity contribution in [2.45, 2.75) is 40.8 Å². The summed E-state index contributed by atoms with van der Waals surface area (Å²) in [4.78, 5) is 12.3. The summed E-state index contributed by atoms with van der Waals surface area (Å²) in [6.07, 6.45) is 3.68. The zero-order chi connectivity index (χ0) is 40.2. The highest BCUT2D eigenvalue weighted by atomic mass is 16.5. The van der Waals surface area contributed by atoms with Crippen molar-refractivity contribution in [1.82, 2.24) is 9.97 Å². The van der Waals surface area contributed by atoms with E-state index in [4.69, 9.17) is 43.6 Å². The number of aryl methyl sites for hydroxylation is 2. The van der Waals surface area contributed by atoms with Crippen molar-refractivity contribution < 1.29 is 9.47 Å². The van der Waals surface area contributed by atoms with Gasteiger partial charge in [-0.3, -0.25) is 20.8 Å². The molecule has 2 aromatic heterocycles. The molecule has 0 aliphatic rings. The number of hydrogen-bond acceptors (Lipinski definition) is 9. The van der Waals surface area contributed by atoms with Gasteiger partial charge in [-0.15, -0.1) is 0 Å². The van der Waals surface area contributed by atoms with Crippen molar-refractivity contribution in [2.75, 3.05) is 10.6 Å². The number of hydrogen-bond donors (Lipinski definition) is 6. The lowest BCUT2D eigenvalue weighted by atomic mass is 10.1. The fourth-order valence-corrected chi connectivity index (χ4v) is 5.50. The molecular weight excluding hydrogens is 701 g/mol. The number of benzene rings is 4. The Balaban J connectivity index is 0.000000215. The van der Waals surface area contributed by atoms with Crippen LogP contribution < -0.4 is 31.6 Å². The zero-order valence-corrected chi connectivity index (χ0v) is 31.6. The van der Waals surface area contributed by atoms with Crippen LogP contribution in [0.4, 0.5) is 17.1 Å². The Kier molecular flexibility index (Phi) is 13.0. The number of anilines is 2.